The van der Waals surface area contributed by atoms with Crippen LogP contribution in [0.3, 0.4) is 0 Å². The molecular weight excluding hydrogens is 260 g/mol. The van der Waals surface area contributed by atoms with Crippen LogP contribution in [0.4, 0.5) is 0 Å². The molecule has 1 fully saturated rings. The van der Waals surface area contributed by atoms with Gasteiger partial charge in [0.15, 0.2) is 0 Å². The van der Waals surface area contributed by atoms with E-state index in [-0.39, 0.29) is 5.97 Å². The lowest BCUT2D eigenvalue weighted by Gasteiger charge is -2.27. The maximum absolute atomic E-state index is 12.0. The number of likely N-dealkylation sites (N-methyl/N-ethyl adjacent to an activating group) is 1. The highest BCUT2D eigenvalue weighted by atomic mass is 32.2. The molecule has 1 heterocycles. The third-order valence-electron chi connectivity index (χ3n) is 3.49. The van der Waals surface area contributed by atoms with E-state index in [9.17, 15) is 4.79 Å². The van der Waals surface area contributed by atoms with Crippen LogP contribution in [0.2, 0.25) is 0 Å². The van der Waals surface area contributed by atoms with Crippen LogP contribution in [0.1, 0.15) is 26.2 Å². The van der Waals surface area contributed by atoms with Crippen molar-refractivity contribution in [3.63, 3.8) is 0 Å². The van der Waals surface area contributed by atoms with Gasteiger partial charge in [-0.25, -0.2) is 4.98 Å². The van der Waals surface area contributed by atoms with Gasteiger partial charge in [-0.1, -0.05) is 13.0 Å². The molecule has 2 unspecified atom stereocenters. The lowest BCUT2D eigenvalue weighted by molar-refractivity contribution is -0.148. The molecule has 5 heteroatoms. The van der Waals surface area contributed by atoms with Crippen molar-refractivity contribution in [2.75, 3.05) is 13.7 Å². The van der Waals surface area contributed by atoms with Crippen molar-refractivity contribution < 1.29 is 9.53 Å². The molecule has 1 aromatic rings. The molecule has 0 aromatic carbocycles. The second-order valence-electron chi connectivity index (χ2n) is 4.75. The van der Waals surface area contributed by atoms with Gasteiger partial charge in [-0.3, -0.25) is 4.79 Å². The van der Waals surface area contributed by atoms with Gasteiger partial charge in [0.25, 0.3) is 0 Å². The summed E-state index contributed by atoms with van der Waals surface area (Å²) in [6.07, 6.45) is 4.44. The first kappa shape index (κ1) is 14.3. The van der Waals surface area contributed by atoms with Gasteiger partial charge >= 0.3 is 5.97 Å². The number of thioether (sulfide) groups is 1. The Kier molecular flexibility index (Phi) is 4.82. The molecule has 2 atom stereocenters. The molecule has 0 radical (unpaired) electrons. The largest absolute Gasteiger partial charge is 0.468 e. The highest BCUT2D eigenvalue weighted by Crippen LogP contribution is 2.40. The van der Waals surface area contributed by atoms with E-state index in [0.29, 0.717) is 5.25 Å². The number of nitrogens with one attached hydrogen (secondary N) is 1. The summed E-state index contributed by atoms with van der Waals surface area (Å²) < 4.78 is 4.96. The van der Waals surface area contributed by atoms with Crippen LogP contribution >= 0.6 is 11.8 Å². The average Bonchev–Trinajstić information content (AvgIpc) is 2.84. The van der Waals surface area contributed by atoms with Gasteiger partial charge in [-0.05, 0) is 37.9 Å². The van der Waals surface area contributed by atoms with Crippen LogP contribution in [0.25, 0.3) is 0 Å². The molecule has 19 heavy (non-hydrogen) atoms. The van der Waals surface area contributed by atoms with Crippen molar-refractivity contribution in [2.45, 2.75) is 42.0 Å². The zero-order chi connectivity index (χ0) is 13.7. The van der Waals surface area contributed by atoms with Crippen LogP contribution in [-0.2, 0) is 9.53 Å². The van der Waals surface area contributed by atoms with Crippen molar-refractivity contribution in [1.29, 1.82) is 0 Å². The zero-order valence-electron chi connectivity index (χ0n) is 11.4. The summed E-state index contributed by atoms with van der Waals surface area (Å²) in [7, 11) is 1.46. The average molecular weight is 280 g/mol. The monoisotopic (exact) mass is 280 g/mol. The zero-order valence-corrected chi connectivity index (χ0v) is 12.2. The number of hydrogen-bond donors (Lipinski definition) is 1. The summed E-state index contributed by atoms with van der Waals surface area (Å²) in [4.78, 5) is 16.3. The highest BCUT2D eigenvalue weighted by Gasteiger charge is 2.46. The number of methoxy groups -OCH3 is 1. The van der Waals surface area contributed by atoms with E-state index in [1.165, 1.54) is 7.11 Å². The molecule has 4 nitrogen and oxygen atoms in total. The minimum absolute atomic E-state index is 0.140. The van der Waals surface area contributed by atoms with Crippen LogP contribution in [0.15, 0.2) is 29.4 Å². The topological polar surface area (TPSA) is 51.2 Å². The van der Waals surface area contributed by atoms with E-state index in [1.54, 1.807) is 18.0 Å². The summed E-state index contributed by atoms with van der Waals surface area (Å²) in [5, 5.41) is 4.74. The molecule has 1 aliphatic rings. The Labute approximate surface area is 118 Å². The number of aromatic nitrogens is 1. The lowest BCUT2D eigenvalue weighted by Crippen LogP contribution is -2.50. The molecule has 104 valence electrons. The number of carbonyl (C=O) groups excluding carboxylic acids is 1. The van der Waals surface area contributed by atoms with Gasteiger partial charge in [0.2, 0.25) is 0 Å². The maximum atomic E-state index is 12.0. The molecule has 1 aliphatic carbocycles. The lowest BCUT2D eigenvalue weighted by atomic mass is 9.98. The first-order valence-corrected chi connectivity index (χ1v) is 7.49. The second-order valence-corrected chi connectivity index (χ2v) is 6.08. The smallest absolute Gasteiger partial charge is 0.326 e. The summed E-state index contributed by atoms with van der Waals surface area (Å²) in [5.74, 6) is -0.140. The molecule has 1 aromatic heterocycles. The second kappa shape index (κ2) is 6.39. The number of hydrogen-bond acceptors (Lipinski definition) is 5. The first-order chi connectivity index (χ1) is 9.20. The van der Waals surface area contributed by atoms with Crippen molar-refractivity contribution >= 4 is 17.7 Å². The fraction of sp³-hybridized carbons (Fsp3) is 0.571. The Balaban J connectivity index is 2.02. The van der Waals surface area contributed by atoms with Gasteiger partial charge in [0.05, 0.1) is 12.1 Å². The Morgan fingerprint density at radius 2 is 2.47 bits per heavy atom. The molecule has 1 saturated carbocycles. The van der Waals surface area contributed by atoms with Gasteiger partial charge < -0.3 is 10.1 Å². The molecule has 2 rings (SSSR count). The van der Waals surface area contributed by atoms with Crippen LogP contribution in [-0.4, -0.2) is 35.4 Å². The normalized spacial score (nSPS) is 26.3. The highest BCUT2D eigenvalue weighted by molar-refractivity contribution is 7.99. The number of pyridine rings is 1. The fourth-order valence-corrected chi connectivity index (χ4v) is 3.86. The standard InChI is InChI=1S/C14H20N2O2S/c1-3-16-14(13(17)18-2)8-7-11(10-14)19-12-6-4-5-9-15-12/h4-6,9,11,16H,3,7-8,10H2,1-2H3. The number of rotatable bonds is 5. The summed E-state index contributed by atoms with van der Waals surface area (Å²) in [6.45, 7) is 2.79. The van der Waals surface area contributed by atoms with Crippen molar-refractivity contribution in [2.24, 2.45) is 0 Å². The number of nitrogens with zero attached hydrogens (tertiary/aromatic N) is 1. The summed E-state index contributed by atoms with van der Waals surface area (Å²) >= 11 is 1.75. The Morgan fingerprint density at radius 3 is 3.11 bits per heavy atom. The number of carbonyl (C=O) groups is 1. The predicted octanol–water partition coefficient (Wildman–Crippen LogP) is 2.25. The Bertz CT molecular complexity index is 427. The van der Waals surface area contributed by atoms with Crippen molar-refractivity contribution in [3.8, 4) is 0 Å². The van der Waals surface area contributed by atoms with Crippen LogP contribution in [0, 0.1) is 0 Å². The quantitative estimate of drug-likeness (QED) is 0.838. The predicted molar refractivity (Wildman–Crippen MR) is 76.2 cm³/mol. The minimum atomic E-state index is -0.504. The fourth-order valence-electron chi connectivity index (χ4n) is 2.64. The van der Waals surface area contributed by atoms with Crippen LogP contribution in [0.5, 0.6) is 0 Å². The maximum Gasteiger partial charge on any atom is 0.326 e. The Morgan fingerprint density at radius 1 is 1.63 bits per heavy atom. The van der Waals surface area contributed by atoms with E-state index in [2.05, 4.69) is 10.3 Å². The van der Waals surface area contributed by atoms with Crippen LogP contribution < -0.4 is 5.32 Å². The Hall–Kier alpha value is -1.07. The molecule has 0 aliphatic heterocycles. The van der Waals surface area contributed by atoms with E-state index in [0.717, 1.165) is 30.8 Å². The van der Waals surface area contributed by atoms with Crippen molar-refractivity contribution in [1.82, 2.24) is 10.3 Å². The van der Waals surface area contributed by atoms with Gasteiger partial charge in [0.1, 0.15) is 5.54 Å². The van der Waals surface area contributed by atoms with Gasteiger partial charge in [-0.15, -0.1) is 11.8 Å². The number of ether oxygens (including phenoxy) is 1. The molecule has 1 N–H and O–H groups in total. The molecule has 0 saturated heterocycles. The molecule has 0 spiro atoms. The summed E-state index contributed by atoms with van der Waals surface area (Å²) in [6, 6.07) is 5.91. The third kappa shape index (κ3) is 3.28. The third-order valence-corrected chi connectivity index (χ3v) is 4.70. The van der Waals surface area contributed by atoms with E-state index < -0.39 is 5.54 Å². The summed E-state index contributed by atoms with van der Waals surface area (Å²) in [5.41, 5.74) is -0.504. The van der Waals surface area contributed by atoms with Crippen molar-refractivity contribution in [3.05, 3.63) is 24.4 Å². The minimum Gasteiger partial charge on any atom is -0.468 e. The van der Waals surface area contributed by atoms with Gasteiger partial charge in [0, 0.05) is 11.4 Å². The molecular formula is C14H20N2O2S. The SMILES string of the molecule is CCNC1(C(=O)OC)CCC(Sc2ccccn2)C1. The van der Waals surface area contributed by atoms with E-state index in [1.807, 2.05) is 25.1 Å². The number of esters is 1. The van der Waals surface area contributed by atoms with E-state index in [4.69, 9.17) is 4.74 Å². The molecule has 0 bridgehead atoms. The molecule has 0 amide bonds. The first-order valence-electron chi connectivity index (χ1n) is 6.61. The van der Waals surface area contributed by atoms with E-state index >= 15 is 0 Å². The van der Waals surface area contributed by atoms with Gasteiger partial charge in [-0.2, -0.15) is 0 Å².